The largest absolute Gasteiger partial charge is 0.307 e. The van der Waals surface area contributed by atoms with Crippen LogP contribution in [0.25, 0.3) is 28.0 Å². The van der Waals surface area contributed by atoms with Gasteiger partial charge in [0.25, 0.3) is 0 Å². The number of nitriles is 1. The average molecular weight is 368 g/mol. The van der Waals surface area contributed by atoms with Gasteiger partial charge in [-0.25, -0.2) is 9.97 Å². The van der Waals surface area contributed by atoms with Crippen LogP contribution < -0.4 is 0 Å². The normalized spacial score (nSPS) is 14.9. The second-order valence-electron chi connectivity index (χ2n) is 7.59. The Morgan fingerprint density at radius 2 is 2.07 bits per heavy atom. The summed E-state index contributed by atoms with van der Waals surface area (Å²) in [7, 11) is 0. The minimum Gasteiger partial charge on any atom is -0.307 e. The maximum Gasteiger partial charge on any atom is 0.141 e. The van der Waals surface area contributed by atoms with Crippen LogP contribution >= 0.6 is 0 Å². The molecule has 0 saturated heterocycles. The highest BCUT2D eigenvalue weighted by atomic mass is 15.3. The van der Waals surface area contributed by atoms with Crippen molar-refractivity contribution in [2.24, 2.45) is 5.41 Å². The first kappa shape index (κ1) is 16.7. The number of nitrogens with zero attached hydrogens (tertiary/aromatic N) is 6. The number of hydrogen-bond acceptors (Lipinski definition) is 4. The molecule has 0 spiro atoms. The average Bonchev–Trinajstić information content (AvgIpc) is 3.13. The molecule has 1 fully saturated rings. The van der Waals surface area contributed by atoms with Crippen LogP contribution in [0.3, 0.4) is 0 Å². The summed E-state index contributed by atoms with van der Waals surface area (Å²) in [5, 5.41) is 13.9. The molecular formula is C22H20N6. The molecule has 0 amide bonds. The highest BCUT2D eigenvalue weighted by Gasteiger charge is 2.41. The van der Waals surface area contributed by atoms with Gasteiger partial charge in [0, 0.05) is 48.0 Å². The van der Waals surface area contributed by atoms with Crippen molar-refractivity contribution < 1.29 is 0 Å². The third kappa shape index (κ3) is 2.85. The molecule has 138 valence electrons. The molecule has 6 heteroatoms. The fourth-order valence-electron chi connectivity index (χ4n) is 3.76. The molecular weight excluding hydrogens is 348 g/mol. The van der Waals surface area contributed by atoms with Crippen molar-refractivity contribution in [1.82, 2.24) is 24.1 Å². The van der Waals surface area contributed by atoms with E-state index in [1.165, 1.54) is 19.3 Å². The van der Waals surface area contributed by atoms with Gasteiger partial charge in [-0.3, -0.25) is 4.68 Å². The topological polar surface area (TPSA) is 71.8 Å². The fourth-order valence-corrected chi connectivity index (χ4v) is 3.76. The molecule has 0 aliphatic heterocycles. The van der Waals surface area contributed by atoms with Crippen molar-refractivity contribution in [2.45, 2.75) is 32.7 Å². The molecule has 5 rings (SSSR count). The maximum atomic E-state index is 9.33. The second-order valence-corrected chi connectivity index (χ2v) is 7.59. The fraction of sp³-hybridized carbons (Fsp3) is 0.273. The minimum absolute atomic E-state index is 0.400. The van der Waals surface area contributed by atoms with E-state index in [-0.39, 0.29) is 0 Å². The lowest BCUT2D eigenvalue weighted by molar-refractivity contribution is 0.385. The van der Waals surface area contributed by atoms with E-state index in [0.29, 0.717) is 11.1 Å². The van der Waals surface area contributed by atoms with E-state index in [9.17, 15) is 5.26 Å². The van der Waals surface area contributed by atoms with Crippen LogP contribution in [0.5, 0.6) is 0 Å². The van der Waals surface area contributed by atoms with Crippen LogP contribution in [0.1, 0.15) is 31.9 Å². The lowest BCUT2D eigenvalue weighted by Gasteiger charge is -2.12. The van der Waals surface area contributed by atoms with E-state index in [0.717, 1.165) is 34.6 Å². The molecule has 4 aromatic heterocycles. The van der Waals surface area contributed by atoms with E-state index in [4.69, 9.17) is 0 Å². The second kappa shape index (κ2) is 6.31. The molecule has 6 nitrogen and oxygen atoms in total. The van der Waals surface area contributed by atoms with Crippen molar-refractivity contribution >= 4 is 5.65 Å². The Kier molecular flexibility index (Phi) is 3.76. The number of fused-ring (bicyclic) bond motifs is 1. The van der Waals surface area contributed by atoms with Crippen LogP contribution in [0.2, 0.25) is 0 Å². The lowest BCUT2D eigenvalue weighted by Crippen LogP contribution is -2.10. The molecule has 0 radical (unpaired) electrons. The highest BCUT2D eigenvalue weighted by Crippen LogP contribution is 2.50. The summed E-state index contributed by atoms with van der Waals surface area (Å²) in [4.78, 5) is 8.97. The first-order valence-corrected chi connectivity index (χ1v) is 9.57. The van der Waals surface area contributed by atoms with E-state index in [1.54, 1.807) is 12.3 Å². The summed E-state index contributed by atoms with van der Waals surface area (Å²) >= 11 is 0. The monoisotopic (exact) mass is 368 g/mol. The molecule has 0 unspecified atom stereocenters. The Hall–Kier alpha value is -3.46. The van der Waals surface area contributed by atoms with E-state index in [1.807, 2.05) is 45.9 Å². The van der Waals surface area contributed by atoms with E-state index in [2.05, 4.69) is 34.3 Å². The third-order valence-electron chi connectivity index (χ3n) is 5.83. The quantitative estimate of drug-likeness (QED) is 0.526. The maximum absolute atomic E-state index is 9.33. The molecule has 4 heterocycles. The molecule has 1 aliphatic carbocycles. The number of aromatic nitrogens is 5. The Bertz CT molecular complexity index is 1210. The summed E-state index contributed by atoms with van der Waals surface area (Å²) in [5.41, 5.74) is 5.39. The molecule has 0 aromatic carbocycles. The standard InChI is InChI=1S/C22H20N6/c1-2-22(6-7-22)15-28-14-17(13-25-28)19-4-3-18(12-23)26-21(19)16-5-9-27-10-8-24-20(27)11-16/h3-5,8-11,13-14H,2,6-7,15H2,1H3. The van der Waals surface area contributed by atoms with Gasteiger partial charge in [0.2, 0.25) is 0 Å². The number of rotatable bonds is 5. The zero-order chi connectivity index (χ0) is 19.1. The molecule has 0 N–H and O–H groups in total. The van der Waals surface area contributed by atoms with Crippen molar-refractivity contribution in [2.75, 3.05) is 0 Å². The summed E-state index contributed by atoms with van der Waals surface area (Å²) < 4.78 is 4.00. The summed E-state index contributed by atoms with van der Waals surface area (Å²) in [6.45, 7) is 3.22. The van der Waals surface area contributed by atoms with E-state index >= 15 is 0 Å². The molecule has 28 heavy (non-hydrogen) atoms. The predicted molar refractivity (Wildman–Crippen MR) is 106 cm³/mol. The van der Waals surface area contributed by atoms with Gasteiger partial charge < -0.3 is 4.40 Å². The summed E-state index contributed by atoms with van der Waals surface area (Å²) in [5.74, 6) is 0. The van der Waals surface area contributed by atoms with Gasteiger partial charge in [0.15, 0.2) is 0 Å². The summed E-state index contributed by atoms with van der Waals surface area (Å²) in [6, 6.07) is 9.87. The van der Waals surface area contributed by atoms with Crippen LogP contribution in [0.4, 0.5) is 0 Å². The molecule has 4 aromatic rings. The van der Waals surface area contributed by atoms with Crippen molar-refractivity contribution in [3.63, 3.8) is 0 Å². The van der Waals surface area contributed by atoms with Gasteiger partial charge in [-0.15, -0.1) is 0 Å². The van der Waals surface area contributed by atoms with Crippen LogP contribution in [-0.2, 0) is 6.54 Å². The first-order valence-electron chi connectivity index (χ1n) is 9.57. The van der Waals surface area contributed by atoms with Crippen LogP contribution in [-0.4, -0.2) is 24.1 Å². The van der Waals surface area contributed by atoms with Gasteiger partial charge in [-0.2, -0.15) is 10.4 Å². The van der Waals surface area contributed by atoms with Crippen LogP contribution in [0.15, 0.2) is 55.2 Å². The third-order valence-corrected chi connectivity index (χ3v) is 5.83. The zero-order valence-corrected chi connectivity index (χ0v) is 15.7. The van der Waals surface area contributed by atoms with Crippen LogP contribution in [0, 0.1) is 16.7 Å². The first-order chi connectivity index (χ1) is 13.7. The zero-order valence-electron chi connectivity index (χ0n) is 15.7. The number of hydrogen-bond donors (Lipinski definition) is 0. The lowest BCUT2D eigenvalue weighted by atomic mass is 10.0. The van der Waals surface area contributed by atoms with E-state index < -0.39 is 0 Å². The van der Waals surface area contributed by atoms with Gasteiger partial charge in [0.1, 0.15) is 17.4 Å². The Labute approximate surface area is 163 Å². The Morgan fingerprint density at radius 1 is 1.18 bits per heavy atom. The van der Waals surface area contributed by atoms with Crippen molar-refractivity contribution in [3.8, 4) is 28.5 Å². The van der Waals surface area contributed by atoms with Gasteiger partial charge in [-0.1, -0.05) is 6.92 Å². The minimum atomic E-state index is 0.400. The molecule has 0 atom stereocenters. The van der Waals surface area contributed by atoms with Gasteiger partial charge in [0.05, 0.1) is 11.9 Å². The van der Waals surface area contributed by atoms with Crippen molar-refractivity contribution in [1.29, 1.82) is 5.26 Å². The molecule has 0 bridgehead atoms. The Balaban J connectivity index is 1.58. The number of imidazole rings is 1. The molecule has 1 saturated carbocycles. The predicted octanol–water partition coefficient (Wildman–Crippen LogP) is 4.32. The van der Waals surface area contributed by atoms with Gasteiger partial charge >= 0.3 is 0 Å². The highest BCUT2D eigenvalue weighted by molar-refractivity contribution is 5.81. The SMILES string of the molecule is CCC1(Cn2cc(-c3ccc(C#N)nc3-c3ccn4ccnc4c3)cn2)CC1. The van der Waals surface area contributed by atoms with Crippen molar-refractivity contribution in [3.05, 3.63) is 60.9 Å². The Morgan fingerprint density at radius 3 is 2.86 bits per heavy atom. The number of pyridine rings is 2. The smallest absolute Gasteiger partial charge is 0.141 e. The van der Waals surface area contributed by atoms with Gasteiger partial charge in [-0.05, 0) is 48.9 Å². The molecule has 1 aliphatic rings. The summed E-state index contributed by atoms with van der Waals surface area (Å²) in [6.07, 6.45) is 13.4.